The third-order valence-electron chi connectivity index (χ3n) is 3.21. The highest BCUT2D eigenvalue weighted by Gasteiger charge is 2.21. The van der Waals surface area contributed by atoms with Gasteiger partial charge in [0, 0.05) is 17.5 Å². The summed E-state index contributed by atoms with van der Waals surface area (Å²) in [7, 11) is 0. The maximum absolute atomic E-state index is 6.04. The molecule has 1 fully saturated rings. The van der Waals surface area contributed by atoms with Crippen LogP contribution in [0.15, 0.2) is 12.1 Å². The number of nitrogens with zero attached hydrogens (tertiary/aromatic N) is 3. The monoisotopic (exact) mass is 248 g/mol. The molecule has 0 aromatic carbocycles. The van der Waals surface area contributed by atoms with Gasteiger partial charge in [-0.3, -0.25) is 4.57 Å². The lowest BCUT2D eigenvalue weighted by molar-refractivity contribution is 0.514. The van der Waals surface area contributed by atoms with E-state index in [1.54, 1.807) is 0 Å². The number of rotatable bonds is 1. The van der Waals surface area contributed by atoms with Crippen molar-refractivity contribution in [2.75, 3.05) is 17.2 Å². The van der Waals surface area contributed by atoms with Gasteiger partial charge in [0.05, 0.1) is 0 Å². The molecule has 2 N–H and O–H groups in total. The van der Waals surface area contributed by atoms with Crippen LogP contribution in [0.25, 0.3) is 11.2 Å². The first-order valence-electron chi connectivity index (χ1n) is 5.94. The fourth-order valence-electron chi connectivity index (χ4n) is 2.37. The van der Waals surface area contributed by atoms with Gasteiger partial charge in [0.2, 0.25) is 5.95 Å². The molecule has 3 heterocycles. The van der Waals surface area contributed by atoms with Crippen LogP contribution in [0.1, 0.15) is 24.6 Å². The molecule has 1 atom stereocenters. The summed E-state index contributed by atoms with van der Waals surface area (Å²) in [6.45, 7) is 2.00. The lowest BCUT2D eigenvalue weighted by atomic mass is 10.2. The zero-order valence-corrected chi connectivity index (χ0v) is 10.7. The predicted octanol–water partition coefficient (Wildman–Crippen LogP) is 2.39. The highest BCUT2D eigenvalue weighted by Crippen LogP contribution is 2.31. The largest absolute Gasteiger partial charge is 0.369 e. The van der Waals surface area contributed by atoms with Crippen molar-refractivity contribution in [3.8, 4) is 0 Å². The van der Waals surface area contributed by atoms with Crippen molar-refractivity contribution in [3.63, 3.8) is 0 Å². The van der Waals surface area contributed by atoms with E-state index in [-0.39, 0.29) is 0 Å². The fourth-order valence-corrected chi connectivity index (χ4v) is 3.50. The summed E-state index contributed by atoms with van der Waals surface area (Å²) in [5.41, 5.74) is 8.90. The van der Waals surface area contributed by atoms with E-state index < -0.39 is 0 Å². The van der Waals surface area contributed by atoms with Crippen LogP contribution in [0.4, 0.5) is 5.95 Å². The second-order valence-corrected chi connectivity index (χ2v) is 5.66. The minimum atomic E-state index is 0.452. The van der Waals surface area contributed by atoms with Gasteiger partial charge in [0.15, 0.2) is 5.65 Å². The molecule has 0 bridgehead atoms. The summed E-state index contributed by atoms with van der Waals surface area (Å²) in [4.78, 5) is 8.98. The summed E-state index contributed by atoms with van der Waals surface area (Å²) in [6, 6.07) is 4.43. The lowest BCUT2D eigenvalue weighted by Crippen LogP contribution is -2.18. The van der Waals surface area contributed by atoms with Crippen molar-refractivity contribution >= 4 is 28.9 Å². The van der Waals surface area contributed by atoms with E-state index in [2.05, 4.69) is 14.5 Å². The van der Waals surface area contributed by atoms with Crippen LogP contribution in [0.5, 0.6) is 0 Å². The zero-order chi connectivity index (χ0) is 11.8. The molecule has 17 heavy (non-hydrogen) atoms. The summed E-state index contributed by atoms with van der Waals surface area (Å²) < 4.78 is 2.12. The number of aromatic nitrogens is 3. The van der Waals surface area contributed by atoms with E-state index in [1.165, 1.54) is 18.6 Å². The number of aryl methyl sites for hydroxylation is 1. The molecular formula is C12H16N4S. The van der Waals surface area contributed by atoms with Crippen molar-refractivity contribution in [2.24, 2.45) is 0 Å². The van der Waals surface area contributed by atoms with Crippen molar-refractivity contribution < 1.29 is 0 Å². The first-order valence-corrected chi connectivity index (χ1v) is 7.10. The van der Waals surface area contributed by atoms with E-state index in [4.69, 9.17) is 5.73 Å². The van der Waals surface area contributed by atoms with E-state index in [9.17, 15) is 0 Å². The Morgan fingerprint density at radius 3 is 3.06 bits per heavy atom. The molecule has 5 heteroatoms. The second-order valence-electron chi connectivity index (χ2n) is 4.51. The number of anilines is 1. The second kappa shape index (κ2) is 4.22. The maximum Gasteiger partial charge on any atom is 0.202 e. The molecule has 0 saturated carbocycles. The molecule has 3 rings (SSSR count). The minimum absolute atomic E-state index is 0.452. The van der Waals surface area contributed by atoms with Gasteiger partial charge in [-0.1, -0.05) is 0 Å². The summed E-state index contributed by atoms with van der Waals surface area (Å²) in [5.74, 6) is 2.98. The van der Waals surface area contributed by atoms with E-state index in [0.29, 0.717) is 12.0 Å². The van der Waals surface area contributed by atoms with Gasteiger partial charge < -0.3 is 5.73 Å². The summed E-state index contributed by atoms with van der Waals surface area (Å²) >= 11 is 1.99. The molecule has 0 radical (unpaired) electrons. The number of pyridine rings is 1. The third kappa shape index (κ3) is 1.88. The maximum atomic E-state index is 6.04. The summed E-state index contributed by atoms with van der Waals surface area (Å²) in [6.07, 6.45) is 2.43. The Hall–Kier alpha value is -1.23. The third-order valence-corrected chi connectivity index (χ3v) is 4.40. The van der Waals surface area contributed by atoms with Gasteiger partial charge in [0.25, 0.3) is 0 Å². The Morgan fingerprint density at radius 2 is 2.29 bits per heavy atom. The van der Waals surface area contributed by atoms with Crippen molar-refractivity contribution in [1.29, 1.82) is 0 Å². The predicted molar refractivity (Wildman–Crippen MR) is 72.3 cm³/mol. The number of hydrogen-bond donors (Lipinski definition) is 1. The minimum Gasteiger partial charge on any atom is -0.369 e. The molecule has 2 aromatic rings. The molecule has 0 amide bonds. The molecule has 4 nitrogen and oxygen atoms in total. The van der Waals surface area contributed by atoms with Crippen LogP contribution in [0, 0.1) is 6.92 Å². The molecule has 2 aromatic heterocycles. The number of fused-ring (bicyclic) bond motifs is 1. The van der Waals surface area contributed by atoms with Crippen molar-refractivity contribution in [3.05, 3.63) is 17.8 Å². The van der Waals surface area contributed by atoms with E-state index in [1.807, 2.05) is 30.8 Å². The Balaban J connectivity index is 2.13. The first kappa shape index (κ1) is 10.9. The Labute approximate surface area is 105 Å². The number of nitrogen functional groups attached to an aromatic ring is 1. The Kier molecular flexibility index (Phi) is 2.70. The number of hydrogen-bond acceptors (Lipinski definition) is 4. The lowest BCUT2D eigenvalue weighted by Gasteiger charge is -2.23. The number of imidazole rings is 1. The molecule has 1 aliphatic rings. The fraction of sp³-hybridized carbons (Fsp3) is 0.500. The standard InChI is InChI=1S/C12H16N4S/c1-8-4-5-10-11(14-8)16(12(13)15-10)9-3-2-6-17-7-9/h4-5,9H,2-3,6-7H2,1H3,(H2,13,15). The van der Waals surface area contributed by atoms with Gasteiger partial charge in [-0.15, -0.1) is 0 Å². The van der Waals surface area contributed by atoms with Gasteiger partial charge in [-0.2, -0.15) is 11.8 Å². The van der Waals surface area contributed by atoms with Crippen LogP contribution in [0.2, 0.25) is 0 Å². The van der Waals surface area contributed by atoms with Crippen LogP contribution >= 0.6 is 11.8 Å². The van der Waals surface area contributed by atoms with Crippen LogP contribution < -0.4 is 5.73 Å². The molecule has 1 saturated heterocycles. The topological polar surface area (TPSA) is 56.7 Å². The highest BCUT2D eigenvalue weighted by atomic mass is 32.2. The van der Waals surface area contributed by atoms with Crippen LogP contribution in [0.3, 0.4) is 0 Å². The van der Waals surface area contributed by atoms with Crippen LogP contribution in [-0.2, 0) is 0 Å². The average molecular weight is 248 g/mol. The zero-order valence-electron chi connectivity index (χ0n) is 9.89. The number of thioether (sulfide) groups is 1. The highest BCUT2D eigenvalue weighted by molar-refractivity contribution is 7.99. The average Bonchev–Trinajstić information content (AvgIpc) is 2.65. The van der Waals surface area contributed by atoms with E-state index >= 15 is 0 Å². The SMILES string of the molecule is Cc1ccc2nc(N)n(C3CCCSC3)c2n1. The Bertz CT molecular complexity index is 543. The van der Waals surface area contributed by atoms with Crippen molar-refractivity contribution in [2.45, 2.75) is 25.8 Å². The Morgan fingerprint density at radius 1 is 1.41 bits per heavy atom. The normalized spacial score (nSPS) is 20.9. The molecule has 1 unspecified atom stereocenters. The smallest absolute Gasteiger partial charge is 0.202 e. The van der Waals surface area contributed by atoms with Crippen LogP contribution in [-0.4, -0.2) is 26.0 Å². The van der Waals surface area contributed by atoms with E-state index in [0.717, 1.165) is 22.6 Å². The molecule has 1 aliphatic heterocycles. The summed E-state index contributed by atoms with van der Waals surface area (Å²) in [5, 5.41) is 0. The molecule has 0 aliphatic carbocycles. The molecular weight excluding hydrogens is 232 g/mol. The van der Waals surface area contributed by atoms with Gasteiger partial charge >= 0.3 is 0 Å². The van der Waals surface area contributed by atoms with Gasteiger partial charge in [-0.05, 0) is 37.7 Å². The quantitative estimate of drug-likeness (QED) is 0.842. The number of nitrogens with two attached hydrogens (primary N) is 1. The molecule has 0 spiro atoms. The molecule has 90 valence electrons. The van der Waals surface area contributed by atoms with Gasteiger partial charge in [-0.25, -0.2) is 9.97 Å². The first-order chi connectivity index (χ1) is 8.25. The van der Waals surface area contributed by atoms with Crippen molar-refractivity contribution in [1.82, 2.24) is 14.5 Å². The van der Waals surface area contributed by atoms with Gasteiger partial charge in [0.1, 0.15) is 5.52 Å².